The standard InChI is InChI=1S/C17H25NO11/c1-8(19)18-14-16(28-11(4)22)15(27-10(3)21)12(7-26-9(2)20)29-17(14)25-6-5-13(23)24/h12,14-17H,5-7H2,1-4H3,(H,18,19)(H,23,24)/t12-,14-,15+,16-,17-/m1/s1. The summed E-state index contributed by atoms with van der Waals surface area (Å²) >= 11 is 0. The van der Waals surface area contributed by atoms with E-state index in [4.69, 9.17) is 28.8 Å². The molecule has 1 fully saturated rings. The lowest BCUT2D eigenvalue weighted by atomic mass is 9.96. The van der Waals surface area contributed by atoms with Gasteiger partial charge in [-0.1, -0.05) is 0 Å². The second-order valence-electron chi connectivity index (χ2n) is 6.23. The van der Waals surface area contributed by atoms with Crippen LogP contribution in [0.5, 0.6) is 0 Å². The minimum atomic E-state index is -1.27. The van der Waals surface area contributed by atoms with Gasteiger partial charge in [0.15, 0.2) is 18.5 Å². The Bertz CT molecular complexity index is 635. The highest BCUT2D eigenvalue weighted by Gasteiger charge is 2.51. The van der Waals surface area contributed by atoms with Gasteiger partial charge in [-0.25, -0.2) is 0 Å². The summed E-state index contributed by atoms with van der Waals surface area (Å²) in [5.74, 6) is -3.74. The van der Waals surface area contributed by atoms with E-state index in [1.165, 1.54) is 6.92 Å². The molecule has 12 nitrogen and oxygen atoms in total. The van der Waals surface area contributed by atoms with E-state index in [0.29, 0.717) is 0 Å². The molecule has 0 aromatic rings. The molecule has 0 spiro atoms. The van der Waals surface area contributed by atoms with Crippen LogP contribution in [0.1, 0.15) is 34.1 Å². The number of carboxylic acid groups (broad SMARTS) is 1. The van der Waals surface area contributed by atoms with Gasteiger partial charge in [-0.3, -0.25) is 24.0 Å². The average Bonchev–Trinajstić information content (AvgIpc) is 2.56. The highest BCUT2D eigenvalue weighted by atomic mass is 16.7. The van der Waals surface area contributed by atoms with Crippen molar-refractivity contribution in [1.29, 1.82) is 0 Å². The number of nitrogens with one attached hydrogen (secondary N) is 1. The Kier molecular flexibility index (Phi) is 9.48. The maximum Gasteiger partial charge on any atom is 0.305 e. The molecule has 1 amide bonds. The number of ether oxygens (including phenoxy) is 5. The van der Waals surface area contributed by atoms with Gasteiger partial charge in [-0.05, 0) is 0 Å². The number of carboxylic acids is 1. The molecule has 0 aromatic heterocycles. The third-order valence-corrected chi connectivity index (χ3v) is 3.67. The Morgan fingerprint density at radius 3 is 2.00 bits per heavy atom. The zero-order chi connectivity index (χ0) is 22.1. The van der Waals surface area contributed by atoms with Crippen molar-refractivity contribution in [3.8, 4) is 0 Å². The number of carbonyl (C=O) groups is 5. The first-order valence-corrected chi connectivity index (χ1v) is 8.75. The Morgan fingerprint density at radius 2 is 1.52 bits per heavy atom. The maximum atomic E-state index is 11.7. The molecule has 0 unspecified atom stereocenters. The van der Waals surface area contributed by atoms with E-state index >= 15 is 0 Å². The first kappa shape index (κ1) is 24.3. The molecule has 1 rings (SSSR count). The Morgan fingerprint density at radius 1 is 0.931 bits per heavy atom. The molecule has 0 aromatic carbocycles. The van der Waals surface area contributed by atoms with Crippen LogP contribution >= 0.6 is 0 Å². The number of carbonyl (C=O) groups excluding carboxylic acids is 4. The van der Waals surface area contributed by atoms with E-state index in [-0.39, 0.29) is 19.6 Å². The summed E-state index contributed by atoms with van der Waals surface area (Å²) in [7, 11) is 0. The van der Waals surface area contributed by atoms with Crippen molar-refractivity contribution in [3.63, 3.8) is 0 Å². The fraction of sp³-hybridized carbons (Fsp3) is 0.706. The molecule has 1 aliphatic rings. The Labute approximate surface area is 166 Å². The molecule has 29 heavy (non-hydrogen) atoms. The lowest BCUT2D eigenvalue weighted by molar-refractivity contribution is -0.277. The molecular weight excluding hydrogens is 394 g/mol. The highest BCUT2D eigenvalue weighted by Crippen LogP contribution is 2.28. The molecule has 0 saturated carbocycles. The van der Waals surface area contributed by atoms with Crippen LogP contribution in [0.2, 0.25) is 0 Å². The summed E-state index contributed by atoms with van der Waals surface area (Å²) in [5.41, 5.74) is 0. The summed E-state index contributed by atoms with van der Waals surface area (Å²) in [6.45, 7) is 3.96. The summed E-state index contributed by atoms with van der Waals surface area (Å²) in [4.78, 5) is 56.8. The van der Waals surface area contributed by atoms with E-state index in [1.54, 1.807) is 0 Å². The van der Waals surface area contributed by atoms with E-state index in [0.717, 1.165) is 20.8 Å². The molecule has 12 heteroatoms. The van der Waals surface area contributed by atoms with Gasteiger partial charge in [-0.15, -0.1) is 0 Å². The number of amides is 1. The normalized spacial score (nSPS) is 26.1. The number of esters is 3. The minimum Gasteiger partial charge on any atom is -0.481 e. The third-order valence-electron chi connectivity index (χ3n) is 3.67. The van der Waals surface area contributed by atoms with Crippen LogP contribution in [-0.2, 0) is 47.7 Å². The van der Waals surface area contributed by atoms with E-state index < -0.39 is 60.4 Å². The number of hydrogen-bond acceptors (Lipinski definition) is 10. The predicted octanol–water partition coefficient (Wildman–Crippen LogP) is -0.866. The van der Waals surface area contributed by atoms with Gasteiger partial charge in [0.25, 0.3) is 0 Å². The van der Waals surface area contributed by atoms with Gasteiger partial charge in [0.2, 0.25) is 5.91 Å². The Hall–Kier alpha value is -2.73. The molecule has 1 saturated heterocycles. The molecule has 2 N–H and O–H groups in total. The molecular formula is C17H25NO11. The van der Waals surface area contributed by atoms with Crippen molar-refractivity contribution < 1.29 is 52.8 Å². The Balaban J connectivity index is 3.22. The lowest BCUT2D eigenvalue weighted by Gasteiger charge is -2.44. The van der Waals surface area contributed by atoms with Crippen LogP contribution in [0.15, 0.2) is 0 Å². The maximum absolute atomic E-state index is 11.7. The lowest BCUT2D eigenvalue weighted by Crippen LogP contribution is -2.66. The number of aliphatic carboxylic acids is 1. The van der Waals surface area contributed by atoms with Crippen LogP contribution in [0.3, 0.4) is 0 Å². The first-order valence-electron chi connectivity index (χ1n) is 8.75. The van der Waals surface area contributed by atoms with Crippen molar-refractivity contribution in [1.82, 2.24) is 5.32 Å². The second kappa shape index (κ2) is 11.3. The van der Waals surface area contributed by atoms with Crippen LogP contribution in [0.4, 0.5) is 0 Å². The molecule has 0 bridgehead atoms. The smallest absolute Gasteiger partial charge is 0.305 e. The zero-order valence-electron chi connectivity index (χ0n) is 16.5. The van der Waals surface area contributed by atoms with E-state index in [9.17, 15) is 24.0 Å². The molecule has 1 aliphatic heterocycles. The monoisotopic (exact) mass is 419 g/mol. The summed E-state index contributed by atoms with van der Waals surface area (Å²) in [6, 6.07) is -1.12. The molecule has 164 valence electrons. The third kappa shape index (κ3) is 8.44. The van der Waals surface area contributed by atoms with Crippen LogP contribution in [0, 0.1) is 0 Å². The average molecular weight is 419 g/mol. The molecule has 5 atom stereocenters. The fourth-order valence-electron chi connectivity index (χ4n) is 2.70. The number of hydrogen-bond donors (Lipinski definition) is 2. The van der Waals surface area contributed by atoms with Crippen molar-refractivity contribution in [3.05, 3.63) is 0 Å². The topological polar surface area (TPSA) is 164 Å². The van der Waals surface area contributed by atoms with Gasteiger partial charge in [0.1, 0.15) is 18.8 Å². The number of rotatable bonds is 9. The summed E-state index contributed by atoms with van der Waals surface area (Å²) in [5, 5.41) is 11.3. The van der Waals surface area contributed by atoms with Crippen molar-refractivity contribution in [2.75, 3.05) is 13.2 Å². The first-order chi connectivity index (χ1) is 13.5. The SMILES string of the molecule is CC(=O)N[C@H]1[C@H](OCCC(=O)O)O[C@H](COC(C)=O)[C@H](OC(C)=O)[C@@H]1OC(C)=O. The largest absolute Gasteiger partial charge is 0.481 e. The fourth-order valence-corrected chi connectivity index (χ4v) is 2.70. The summed E-state index contributed by atoms with van der Waals surface area (Å²) in [6.07, 6.45) is -5.20. The summed E-state index contributed by atoms with van der Waals surface area (Å²) < 4.78 is 26.5. The highest BCUT2D eigenvalue weighted by molar-refractivity contribution is 5.73. The van der Waals surface area contributed by atoms with Crippen LogP contribution in [-0.4, -0.2) is 78.7 Å². The van der Waals surface area contributed by atoms with Crippen molar-refractivity contribution >= 4 is 29.8 Å². The van der Waals surface area contributed by atoms with Crippen LogP contribution in [0.25, 0.3) is 0 Å². The predicted molar refractivity (Wildman–Crippen MR) is 92.2 cm³/mol. The van der Waals surface area contributed by atoms with Gasteiger partial charge >= 0.3 is 23.9 Å². The molecule has 0 radical (unpaired) electrons. The van der Waals surface area contributed by atoms with Gasteiger partial charge < -0.3 is 34.1 Å². The zero-order valence-corrected chi connectivity index (χ0v) is 16.5. The molecule has 1 heterocycles. The van der Waals surface area contributed by atoms with Crippen LogP contribution < -0.4 is 5.32 Å². The van der Waals surface area contributed by atoms with Gasteiger partial charge in [0.05, 0.1) is 13.0 Å². The van der Waals surface area contributed by atoms with E-state index in [2.05, 4.69) is 5.32 Å². The minimum absolute atomic E-state index is 0.276. The second-order valence-corrected chi connectivity index (χ2v) is 6.23. The quantitative estimate of drug-likeness (QED) is 0.353. The van der Waals surface area contributed by atoms with E-state index in [1.807, 2.05) is 0 Å². The van der Waals surface area contributed by atoms with Gasteiger partial charge in [-0.2, -0.15) is 0 Å². The van der Waals surface area contributed by atoms with Gasteiger partial charge in [0, 0.05) is 27.7 Å². The molecule has 0 aliphatic carbocycles. The van der Waals surface area contributed by atoms with Crippen molar-refractivity contribution in [2.24, 2.45) is 0 Å². The van der Waals surface area contributed by atoms with Crippen molar-refractivity contribution in [2.45, 2.75) is 64.8 Å².